The van der Waals surface area contributed by atoms with Crippen LogP contribution in [-0.2, 0) is 4.74 Å². The highest BCUT2D eigenvalue weighted by atomic mass is 16.5. The Morgan fingerprint density at radius 3 is 2.88 bits per heavy atom. The fourth-order valence-electron chi connectivity index (χ4n) is 2.97. The van der Waals surface area contributed by atoms with Gasteiger partial charge in [-0.1, -0.05) is 6.92 Å². The van der Waals surface area contributed by atoms with Gasteiger partial charge in [0.15, 0.2) is 0 Å². The number of aryl methyl sites for hydroxylation is 1. The minimum absolute atomic E-state index is 0.0175. The molecule has 1 aromatic heterocycles. The van der Waals surface area contributed by atoms with E-state index in [1.54, 1.807) is 29.3 Å². The van der Waals surface area contributed by atoms with Crippen molar-refractivity contribution in [3.05, 3.63) is 29.6 Å². The van der Waals surface area contributed by atoms with E-state index in [9.17, 15) is 9.59 Å². The molecule has 0 radical (unpaired) electrons. The van der Waals surface area contributed by atoms with Crippen LogP contribution < -0.4 is 5.32 Å². The molecule has 3 amide bonds. The Kier molecular flexibility index (Phi) is 7.18. The lowest BCUT2D eigenvalue weighted by molar-refractivity contribution is 0.0788. The van der Waals surface area contributed by atoms with Gasteiger partial charge in [0.05, 0.1) is 12.2 Å². The van der Waals surface area contributed by atoms with Crippen molar-refractivity contribution in [1.82, 2.24) is 20.1 Å². The van der Waals surface area contributed by atoms with Gasteiger partial charge in [0.2, 0.25) is 0 Å². The van der Waals surface area contributed by atoms with Crippen LogP contribution in [0.4, 0.5) is 4.79 Å². The van der Waals surface area contributed by atoms with Crippen LogP contribution in [0.1, 0.15) is 35.7 Å². The van der Waals surface area contributed by atoms with Crippen molar-refractivity contribution in [2.45, 2.75) is 32.7 Å². The van der Waals surface area contributed by atoms with Gasteiger partial charge in [-0.3, -0.25) is 9.78 Å². The standard InChI is InChI=1S/C18H28N4O3/c1-4-6-21(8-9-25-3)18(24)20-16-5-7-22(13-16)17(23)15-10-14(2)11-19-12-15/h10-12,16H,4-9,13H2,1-3H3,(H,20,24)/t16-/m1/s1. The Bertz CT molecular complexity index is 593. The molecule has 0 bridgehead atoms. The number of nitrogens with zero attached hydrogens (tertiary/aromatic N) is 3. The van der Waals surface area contributed by atoms with Crippen LogP contribution in [0, 0.1) is 6.92 Å². The maximum atomic E-state index is 12.6. The van der Waals surface area contributed by atoms with Gasteiger partial charge in [-0.15, -0.1) is 0 Å². The highest BCUT2D eigenvalue weighted by Crippen LogP contribution is 2.14. The number of amides is 3. The van der Waals surface area contributed by atoms with Crippen LogP contribution in [0.3, 0.4) is 0 Å². The first-order valence-corrected chi connectivity index (χ1v) is 8.80. The third-order valence-electron chi connectivity index (χ3n) is 4.27. The average molecular weight is 348 g/mol. The number of hydrogen-bond acceptors (Lipinski definition) is 4. The molecule has 138 valence electrons. The van der Waals surface area contributed by atoms with E-state index in [0.717, 1.165) is 18.4 Å². The Labute approximate surface area is 149 Å². The summed E-state index contributed by atoms with van der Waals surface area (Å²) in [5, 5.41) is 3.04. The largest absolute Gasteiger partial charge is 0.383 e. The van der Waals surface area contributed by atoms with Crippen molar-refractivity contribution >= 4 is 11.9 Å². The second-order valence-electron chi connectivity index (χ2n) is 6.42. The van der Waals surface area contributed by atoms with Crippen molar-refractivity contribution in [1.29, 1.82) is 0 Å². The van der Waals surface area contributed by atoms with Gasteiger partial charge < -0.3 is 19.9 Å². The van der Waals surface area contributed by atoms with E-state index in [2.05, 4.69) is 10.3 Å². The van der Waals surface area contributed by atoms with Gasteiger partial charge in [-0.25, -0.2) is 4.79 Å². The number of ether oxygens (including phenoxy) is 1. The van der Waals surface area contributed by atoms with E-state index >= 15 is 0 Å². The van der Waals surface area contributed by atoms with Crippen LogP contribution in [0.5, 0.6) is 0 Å². The molecule has 0 aromatic carbocycles. The first kappa shape index (κ1) is 19.2. The van der Waals surface area contributed by atoms with Crippen molar-refractivity contribution in [3.63, 3.8) is 0 Å². The summed E-state index contributed by atoms with van der Waals surface area (Å²) >= 11 is 0. The number of likely N-dealkylation sites (tertiary alicyclic amines) is 1. The monoisotopic (exact) mass is 348 g/mol. The predicted octanol–water partition coefficient (Wildman–Crippen LogP) is 1.67. The van der Waals surface area contributed by atoms with Crippen molar-refractivity contribution in [2.75, 3.05) is 39.9 Å². The first-order chi connectivity index (χ1) is 12.0. The summed E-state index contributed by atoms with van der Waals surface area (Å²) in [6.45, 7) is 6.91. The minimum Gasteiger partial charge on any atom is -0.383 e. The topological polar surface area (TPSA) is 74.8 Å². The number of carbonyl (C=O) groups excluding carboxylic acids is 2. The molecular formula is C18H28N4O3. The number of urea groups is 1. The highest BCUT2D eigenvalue weighted by molar-refractivity contribution is 5.94. The number of methoxy groups -OCH3 is 1. The lowest BCUT2D eigenvalue weighted by Gasteiger charge is -2.24. The van der Waals surface area contributed by atoms with Crippen LogP contribution in [0.2, 0.25) is 0 Å². The van der Waals surface area contributed by atoms with E-state index in [1.807, 2.05) is 19.9 Å². The molecule has 25 heavy (non-hydrogen) atoms. The maximum Gasteiger partial charge on any atom is 0.317 e. The number of aromatic nitrogens is 1. The molecule has 1 N–H and O–H groups in total. The molecule has 1 saturated heterocycles. The third kappa shape index (κ3) is 5.42. The van der Waals surface area contributed by atoms with Gasteiger partial charge >= 0.3 is 6.03 Å². The molecule has 0 unspecified atom stereocenters. The van der Waals surface area contributed by atoms with E-state index < -0.39 is 0 Å². The van der Waals surface area contributed by atoms with Crippen molar-refractivity contribution in [2.24, 2.45) is 0 Å². The van der Waals surface area contributed by atoms with E-state index in [4.69, 9.17) is 4.74 Å². The fourth-order valence-corrected chi connectivity index (χ4v) is 2.97. The van der Waals surface area contributed by atoms with Crippen LogP contribution in [0.25, 0.3) is 0 Å². The van der Waals surface area contributed by atoms with Crippen molar-refractivity contribution in [3.8, 4) is 0 Å². The zero-order valence-corrected chi connectivity index (χ0v) is 15.3. The summed E-state index contributed by atoms with van der Waals surface area (Å²) < 4.78 is 5.07. The summed E-state index contributed by atoms with van der Waals surface area (Å²) in [6, 6.07) is 1.74. The van der Waals surface area contributed by atoms with Gasteiger partial charge in [-0.2, -0.15) is 0 Å². The number of nitrogens with one attached hydrogen (secondary N) is 1. The second-order valence-corrected chi connectivity index (χ2v) is 6.42. The minimum atomic E-state index is -0.0876. The first-order valence-electron chi connectivity index (χ1n) is 8.80. The van der Waals surface area contributed by atoms with Crippen LogP contribution >= 0.6 is 0 Å². The number of hydrogen-bond donors (Lipinski definition) is 1. The highest BCUT2D eigenvalue weighted by Gasteiger charge is 2.29. The summed E-state index contributed by atoms with van der Waals surface area (Å²) in [5.74, 6) is -0.0299. The smallest absolute Gasteiger partial charge is 0.317 e. The molecule has 2 heterocycles. The molecule has 7 heteroatoms. The zero-order chi connectivity index (χ0) is 18.2. The van der Waals surface area contributed by atoms with E-state index in [0.29, 0.717) is 38.3 Å². The fraction of sp³-hybridized carbons (Fsp3) is 0.611. The normalized spacial score (nSPS) is 16.8. The molecule has 0 saturated carbocycles. The van der Waals surface area contributed by atoms with Gasteiger partial charge in [-0.05, 0) is 31.4 Å². The molecule has 1 fully saturated rings. The summed E-state index contributed by atoms with van der Waals surface area (Å²) in [4.78, 5) is 32.6. The Balaban J connectivity index is 1.89. The van der Waals surface area contributed by atoms with Gasteiger partial charge in [0, 0.05) is 51.7 Å². The van der Waals surface area contributed by atoms with Crippen LogP contribution in [-0.4, -0.2) is 72.7 Å². The molecule has 1 aromatic rings. The zero-order valence-electron chi connectivity index (χ0n) is 15.3. The lowest BCUT2D eigenvalue weighted by atomic mass is 10.2. The number of rotatable bonds is 7. The Morgan fingerprint density at radius 1 is 1.40 bits per heavy atom. The summed E-state index contributed by atoms with van der Waals surface area (Å²) in [6.07, 6.45) is 4.98. The molecular weight excluding hydrogens is 320 g/mol. The molecule has 7 nitrogen and oxygen atoms in total. The van der Waals surface area contributed by atoms with E-state index in [1.165, 1.54) is 0 Å². The quantitative estimate of drug-likeness (QED) is 0.813. The number of carbonyl (C=O) groups is 2. The van der Waals surface area contributed by atoms with E-state index in [-0.39, 0.29) is 18.0 Å². The molecule has 1 atom stereocenters. The SMILES string of the molecule is CCCN(CCOC)C(=O)N[C@@H]1CCN(C(=O)c2cncc(C)c2)C1. The van der Waals surface area contributed by atoms with Gasteiger partial charge in [0.25, 0.3) is 5.91 Å². The average Bonchev–Trinajstić information content (AvgIpc) is 3.06. The lowest BCUT2D eigenvalue weighted by Crippen LogP contribution is -2.47. The van der Waals surface area contributed by atoms with Crippen molar-refractivity contribution < 1.29 is 14.3 Å². The second kappa shape index (κ2) is 9.36. The Hall–Kier alpha value is -2.15. The molecule has 0 aliphatic carbocycles. The maximum absolute atomic E-state index is 12.6. The molecule has 1 aliphatic heterocycles. The van der Waals surface area contributed by atoms with Crippen LogP contribution in [0.15, 0.2) is 18.5 Å². The Morgan fingerprint density at radius 2 is 2.20 bits per heavy atom. The summed E-state index contributed by atoms with van der Waals surface area (Å²) in [5.41, 5.74) is 1.56. The predicted molar refractivity (Wildman–Crippen MR) is 95.6 cm³/mol. The number of pyridine rings is 1. The molecule has 1 aliphatic rings. The molecule has 0 spiro atoms. The molecule has 2 rings (SSSR count). The van der Waals surface area contributed by atoms with Gasteiger partial charge in [0.1, 0.15) is 0 Å². The summed E-state index contributed by atoms with van der Waals surface area (Å²) in [7, 11) is 1.63. The third-order valence-corrected chi connectivity index (χ3v) is 4.27.